The SMILES string of the molecule is Cc1cc2c(c(=S)[nH]1)C(=O)O/C2=C/c1c[nH]c2ccc(F)cc12. The van der Waals surface area contributed by atoms with E-state index in [0.717, 1.165) is 22.2 Å². The highest BCUT2D eigenvalue weighted by Gasteiger charge is 2.28. The molecule has 0 atom stereocenters. The second-order valence-corrected chi connectivity index (χ2v) is 5.81. The van der Waals surface area contributed by atoms with E-state index in [0.29, 0.717) is 21.5 Å². The van der Waals surface area contributed by atoms with Crippen molar-refractivity contribution in [2.24, 2.45) is 0 Å². The van der Waals surface area contributed by atoms with E-state index in [2.05, 4.69) is 9.97 Å². The molecule has 4 rings (SSSR count). The van der Waals surface area contributed by atoms with Gasteiger partial charge in [0.05, 0.1) is 0 Å². The first-order valence-electron chi connectivity index (χ1n) is 6.98. The molecule has 2 aromatic heterocycles. The van der Waals surface area contributed by atoms with E-state index in [1.54, 1.807) is 18.3 Å². The Bertz CT molecular complexity index is 1060. The van der Waals surface area contributed by atoms with Crippen LogP contribution in [-0.2, 0) is 4.74 Å². The van der Waals surface area contributed by atoms with Crippen molar-refractivity contribution in [3.05, 3.63) is 63.3 Å². The van der Waals surface area contributed by atoms with Crippen LogP contribution in [0.15, 0.2) is 30.5 Å². The minimum Gasteiger partial charge on any atom is -0.422 e. The lowest BCUT2D eigenvalue weighted by Gasteiger charge is -2.00. The summed E-state index contributed by atoms with van der Waals surface area (Å²) in [7, 11) is 0. The number of aromatic nitrogens is 2. The van der Waals surface area contributed by atoms with Gasteiger partial charge >= 0.3 is 5.97 Å². The summed E-state index contributed by atoms with van der Waals surface area (Å²) in [6.45, 7) is 1.86. The summed E-state index contributed by atoms with van der Waals surface area (Å²) in [6.07, 6.45) is 3.47. The second-order valence-electron chi connectivity index (χ2n) is 5.40. The van der Waals surface area contributed by atoms with E-state index in [1.165, 1.54) is 12.1 Å². The normalized spacial score (nSPS) is 15.2. The average molecular weight is 326 g/mol. The Kier molecular flexibility index (Phi) is 2.96. The molecule has 1 aliphatic heterocycles. The molecule has 0 unspecified atom stereocenters. The Hall–Kier alpha value is -2.73. The maximum Gasteiger partial charge on any atom is 0.347 e. The lowest BCUT2D eigenvalue weighted by atomic mass is 10.1. The van der Waals surface area contributed by atoms with Crippen molar-refractivity contribution < 1.29 is 13.9 Å². The van der Waals surface area contributed by atoms with Gasteiger partial charge in [0.2, 0.25) is 0 Å². The molecule has 0 spiro atoms. The summed E-state index contributed by atoms with van der Waals surface area (Å²) in [5, 5.41) is 0.722. The molecule has 1 aromatic carbocycles. The van der Waals surface area contributed by atoms with Gasteiger partial charge < -0.3 is 14.7 Å². The number of hydrogen-bond donors (Lipinski definition) is 2. The van der Waals surface area contributed by atoms with Gasteiger partial charge in [0.15, 0.2) is 0 Å². The van der Waals surface area contributed by atoms with Gasteiger partial charge in [0, 0.05) is 33.9 Å². The van der Waals surface area contributed by atoms with Crippen molar-refractivity contribution >= 4 is 40.9 Å². The molecule has 2 N–H and O–H groups in total. The highest BCUT2D eigenvalue weighted by molar-refractivity contribution is 7.71. The highest BCUT2D eigenvalue weighted by Crippen LogP contribution is 2.33. The van der Waals surface area contributed by atoms with Gasteiger partial charge in [-0.1, -0.05) is 12.2 Å². The molecule has 0 saturated carbocycles. The number of nitrogens with one attached hydrogen (secondary N) is 2. The number of aryl methyl sites for hydroxylation is 1. The van der Waals surface area contributed by atoms with E-state index < -0.39 is 5.97 Å². The van der Waals surface area contributed by atoms with E-state index in [9.17, 15) is 9.18 Å². The number of halogens is 1. The van der Waals surface area contributed by atoms with Crippen LogP contribution in [0.25, 0.3) is 22.7 Å². The maximum absolute atomic E-state index is 13.5. The van der Waals surface area contributed by atoms with Crippen molar-refractivity contribution in [2.45, 2.75) is 6.92 Å². The number of hydrogen-bond acceptors (Lipinski definition) is 3. The zero-order valence-corrected chi connectivity index (χ0v) is 12.9. The fourth-order valence-electron chi connectivity index (χ4n) is 2.77. The molecule has 114 valence electrons. The van der Waals surface area contributed by atoms with Crippen LogP contribution in [-0.4, -0.2) is 15.9 Å². The minimum atomic E-state index is -0.474. The number of pyridine rings is 1. The van der Waals surface area contributed by atoms with Crippen molar-refractivity contribution in [3.63, 3.8) is 0 Å². The molecule has 23 heavy (non-hydrogen) atoms. The van der Waals surface area contributed by atoms with Crippen LogP contribution in [0.5, 0.6) is 0 Å². The summed E-state index contributed by atoms with van der Waals surface area (Å²) >= 11 is 5.20. The van der Waals surface area contributed by atoms with Gasteiger partial charge in [-0.2, -0.15) is 0 Å². The standard InChI is InChI=1S/C17H11FN2O2S/c1-8-4-12-14(22-17(21)15(12)16(23)20-8)5-9-7-19-13-3-2-10(18)6-11(9)13/h2-7,19H,1H3,(H,20,23)/b14-5+. The van der Waals surface area contributed by atoms with Crippen molar-refractivity contribution in [1.29, 1.82) is 0 Å². The van der Waals surface area contributed by atoms with Gasteiger partial charge in [-0.15, -0.1) is 0 Å². The molecule has 0 radical (unpaired) electrons. The third kappa shape index (κ3) is 2.19. The van der Waals surface area contributed by atoms with E-state index in [-0.39, 0.29) is 5.82 Å². The Morgan fingerprint density at radius 3 is 2.96 bits per heavy atom. The number of aromatic amines is 2. The van der Waals surface area contributed by atoms with Crippen LogP contribution in [0.3, 0.4) is 0 Å². The van der Waals surface area contributed by atoms with Crippen molar-refractivity contribution in [1.82, 2.24) is 9.97 Å². The topological polar surface area (TPSA) is 57.9 Å². The molecule has 0 bridgehead atoms. The highest BCUT2D eigenvalue weighted by atomic mass is 32.1. The molecule has 4 nitrogen and oxygen atoms in total. The van der Waals surface area contributed by atoms with Gasteiger partial charge in [-0.05, 0) is 37.3 Å². The molecule has 3 heterocycles. The molecule has 0 fully saturated rings. The number of benzene rings is 1. The van der Waals surface area contributed by atoms with E-state index in [1.807, 2.05) is 13.0 Å². The average Bonchev–Trinajstić information content (AvgIpc) is 3.01. The molecule has 0 saturated heterocycles. The number of esters is 1. The fourth-order valence-corrected chi connectivity index (χ4v) is 3.13. The molecule has 1 aliphatic rings. The number of fused-ring (bicyclic) bond motifs is 2. The van der Waals surface area contributed by atoms with Crippen LogP contribution in [0.1, 0.15) is 27.2 Å². The lowest BCUT2D eigenvalue weighted by molar-refractivity contribution is 0.0716. The zero-order chi connectivity index (χ0) is 16.1. The van der Waals surface area contributed by atoms with Crippen LogP contribution in [0, 0.1) is 17.4 Å². The summed E-state index contributed by atoms with van der Waals surface area (Å²) in [6, 6.07) is 6.32. The summed E-state index contributed by atoms with van der Waals surface area (Å²) < 4.78 is 19.2. The number of carbonyl (C=O) groups is 1. The van der Waals surface area contributed by atoms with Gasteiger partial charge in [0.25, 0.3) is 0 Å². The van der Waals surface area contributed by atoms with E-state index >= 15 is 0 Å². The lowest BCUT2D eigenvalue weighted by Crippen LogP contribution is -1.97. The van der Waals surface area contributed by atoms with Gasteiger partial charge in [-0.3, -0.25) is 0 Å². The summed E-state index contributed by atoms with van der Waals surface area (Å²) in [5.41, 5.74) is 3.41. The molecule has 0 aliphatic carbocycles. The number of ether oxygens (including phenoxy) is 1. The summed E-state index contributed by atoms with van der Waals surface area (Å²) in [4.78, 5) is 18.1. The second kappa shape index (κ2) is 4.89. The maximum atomic E-state index is 13.5. The molecule has 3 aromatic rings. The molecule has 0 amide bonds. The predicted octanol–water partition coefficient (Wildman–Crippen LogP) is 4.34. The number of carbonyl (C=O) groups excluding carboxylic acids is 1. The minimum absolute atomic E-state index is 0.321. The third-order valence-corrected chi connectivity index (χ3v) is 4.11. The fraction of sp³-hybridized carbons (Fsp3) is 0.0588. The Morgan fingerprint density at radius 2 is 2.13 bits per heavy atom. The number of cyclic esters (lactones) is 1. The van der Waals surface area contributed by atoms with Gasteiger partial charge in [-0.25, -0.2) is 9.18 Å². The largest absolute Gasteiger partial charge is 0.422 e. The molecular formula is C17H11FN2O2S. The Morgan fingerprint density at radius 1 is 1.30 bits per heavy atom. The smallest absolute Gasteiger partial charge is 0.347 e. The van der Waals surface area contributed by atoms with Crippen molar-refractivity contribution in [3.8, 4) is 0 Å². The van der Waals surface area contributed by atoms with Crippen LogP contribution >= 0.6 is 12.2 Å². The van der Waals surface area contributed by atoms with Crippen LogP contribution in [0.4, 0.5) is 4.39 Å². The Labute approximate surface area is 135 Å². The van der Waals surface area contributed by atoms with Crippen LogP contribution < -0.4 is 0 Å². The van der Waals surface area contributed by atoms with Gasteiger partial charge in [0.1, 0.15) is 21.8 Å². The van der Waals surface area contributed by atoms with E-state index in [4.69, 9.17) is 17.0 Å². The first-order chi connectivity index (χ1) is 11.0. The summed E-state index contributed by atoms with van der Waals surface area (Å²) in [5.74, 6) is -0.379. The Balaban J connectivity index is 1.92. The first-order valence-corrected chi connectivity index (χ1v) is 7.38. The monoisotopic (exact) mass is 326 g/mol. The number of rotatable bonds is 1. The first kappa shape index (κ1) is 13.9. The number of H-pyrrole nitrogens is 2. The molecule has 6 heteroatoms. The predicted molar refractivity (Wildman–Crippen MR) is 87.9 cm³/mol. The van der Waals surface area contributed by atoms with Crippen molar-refractivity contribution in [2.75, 3.05) is 0 Å². The zero-order valence-electron chi connectivity index (χ0n) is 12.1. The van der Waals surface area contributed by atoms with Crippen LogP contribution in [0.2, 0.25) is 0 Å². The third-order valence-electron chi connectivity index (χ3n) is 3.80. The molecular weight excluding hydrogens is 315 g/mol. The quantitative estimate of drug-likeness (QED) is 0.516.